The molecule has 0 bridgehead atoms. The normalized spacial score (nSPS) is 16.9. The summed E-state index contributed by atoms with van der Waals surface area (Å²) in [5, 5.41) is 20.3. The van der Waals surface area contributed by atoms with E-state index in [1.807, 2.05) is 13.0 Å². The first kappa shape index (κ1) is 16.8. The molecule has 0 saturated carbocycles. The van der Waals surface area contributed by atoms with Crippen molar-refractivity contribution in [3.8, 4) is 0 Å². The zero-order chi connectivity index (χ0) is 16.4. The fourth-order valence-corrected chi connectivity index (χ4v) is 3.84. The summed E-state index contributed by atoms with van der Waals surface area (Å²) in [6.45, 7) is 3.09. The average molecular weight is 356 g/mol. The lowest BCUT2D eigenvalue weighted by Gasteiger charge is -2.14. The number of hydrogen-bond acceptors (Lipinski definition) is 6. The smallest absolute Gasteiger partial charge is 0.193 e. The number of aromatic nitrogens is 1. The molecule has 1 saturated heterocycles. The summed E-state index contributed by atoms with van der Waals surface area (Å²) in [7, 11) is 0. The highest BCUT2D eigenvalue weighted by atomic mass is 35.5. The maximum Gasteiger partial charge on any atom is 0.193 e. The van der Waals surface area contributed by atoms with E-state index in [-0.39, 0.29) is 12.9 Å². The van der Waals surface area contributed by atoms with E-state index in [0.717, 1.165) is 20.9 Å². The molecule has 5 nitrogen and oxygen atoms in total. The molecule has 1 unspecified atom stereocenters. The van der Waals surface area contributed by atoms with Gasteiger partial charge in [-0.2, -0.15) is 0 Å². The second-order valence-corrected chi connectivity index (χ2v) is 6.96. The third kappa shape index (κ3) is 3.57. The highest BCUT2D eigenvalue weighted by Crippen LogP contribution is 2.37. The molecule has 1 fully saturated rings. The van der Waals surface area contributed by atoms with Gasteiger partial charge in [0.2, 0.25) is 0 Å². The van der Waals surface area contributed by atoms with Gasteiger partial charge in [-0.05, 0) is 31.0 Å². The van der Waals surface area contributed by atoms with E-state index in [4.69, 9.17) is 21.1 Å². The lowest BCUT2D eigenvalue weighted by Crippen LogP contribution is -2.08. The Morgan fingerprint density at radius 1 is 1.39 bits per heavy atom. The number of aliphatic hydroxyl groups excluding tert-OH is 2. The lowest BCUT2D eigenvalue weighted by molar-refractivity contribution is -0.0414. The lowest BCUT2D eigenvalue weighted by atomic mass is 10.0. The van der Waals surface area contributed by atoms with Crippen molar-refractivity contribution in [1.29, 1.82) is 0 Å². The van der Waals surface area contributed by atoms with Gasteiger partial charge >= 0.3 is 0 Å². The largest absolute Gasteiger partial charge is 0.396 e. The quantitative estimate of drug-likeness (QED) is 0.807. The highest BCUT2D eigenvalue weighted by molar-refractivity contribution is 7.12. The van der Waals surface area contributed by atoms with Gasteiger partial charge in [0.25, 0.3) is 0 Å². The van der Waals surface area contributed by atoms with Crippen molar-refractivity contribution in [3.05, 3.63) is 49.9 Å². The zero-order valence-electron chi connectivity index (χ0n) is 12.7. The monoisotopic (exact) mass is 355 g/mol. The third-order valence-corrected chi connectivity index (χ3v) is 5.04. The van der Waals surface area contributed by atoms with Gasteiger partial charge in [0.15, 0.2) is 6.29 Å². The number of hydrogen-bond donors (Lipinski definition) is 2. The summed E-state index contributed by atoms with van der Waals surface area (Å²) >= 11 is 7.51. The second kappa shape index (κ2) is 7.25. The summed E-state index contributed by atoms with van der Waals surface area (Å²) in [5.41, 5.74) is 2.02. The molecule has 3 heterocycles. The minimum Gasteiger partial charge on any atom is -0.396 e. The number of aliphatic hydroxyl groups is 2. The van der Waals surface area contributed by atoms with Crippen LogP contribution >= 0.6 is 22.9 Å². The van der Waals surface area contributed by atoms with E-state index in [9.17, 15) is 10.2 Å². The van der Waals surface area contributed by atoms with Crippen LogP contribution in [0.3, 0.4) is 0 Å². The molecule has 3 rings (SSSR count). The fraction of sp³-hybridized carbons (Fsp3) is 0.438. The number of thiophene rings is 1. The van der Waals surface area contributed by atoms with E-state index in [2.05, 4.69) is 4.98 Å². The van der Waals surface area contributed by atoms with Crippen LogP contribution in [0.1, 0.15) is 39.0 Å². The van der Waals surface area contributed by atoms with Crippen LogP contribution in [-0.2, 0) is 15.9 Å². The Hall–Kier alpha value is -1.02. The van der Waals surface area contributed by atoms with Crippen LogP contribution in [0, 0.1) is 6.92 Å². The molecule has 1 aliphatic rings. The molecule has 2 aromatic heterocycles. The van der Waals surface area contributed by atoms with E-state index in [1.54, 1.807) is 12.1 Å². The van der Waals surface area contributed by atoms with Crippen LogP contribution in [0.5, 0.6) is 0 Å². The Labute approximate surface area is 143 Å². The molecule has 1 atom stereocenters. The first-order chi connectivity index (χ1) is 11.1. The van der Waals surface area contributed by atoms with Crippen molar-refractivity contribution >= 4 is 22.9 Å². The molecule has 7 heteroatoms. The van der Waals surface area contributed by atoms with Crippen LogP contribution in [-0.4, -0.2) is 35.0 Å². The van der Waals surface area contributed by atoms with Crippen molar-refractivity contribution < 1.29 is 19.7 Å². The van der Waals surface area contributed by atoms with Gasteiger partial charge in [-0.1, -0.05) is 17.7 Å². The highest BCUT2D eigenvalue weighted by Gasteiger charge is 2.25. The molecule has 0 spiro atoms. The van der Waals surface area contributed by atoms with Crippen molar-refractivity contribution in [3.63, 3.8) is 0 Å². The Morgan fingerprint density at radius 2 is 2.13 bits per heavy atom. The van der Waals surface area contributed by atoms with Crippen LogP contribution in [0.15, 0.2) is 18.2 Å². The fourth-order valence-electron chi connectivity index (χ4n) is 2.63. The number of rotatable bonds is 5. The van der Waals surface area contributed by atoms with Gasteiger partial charge in [-0.15, -0.1) is 11.3 Å². The Morgan fingerprint density at radius 3 is 2.83 bits per heavy atom. The van der Waals surface area contributed by atoms with Gasteiger partial charge in [0.1, 0.15) is 11.3 Å². The second-order valence-electron chi connectivity index (χ2n) is 5.29. The summed E-state index contributed by atoms with van der Waals surface area (Å²) in [6, 6.07) is 5.34. The van der Waals surface area contributed by atoms with Gasteiger partial charge in [-0.3, -0.25) is 0 Å². The summed E-state index contributed by atoms with van der Waals surface area (Å²) in [6.07, 6.45) is -0.841. The van der Waals surface area contributed by atoms with Crippen molar-refractivity contribution in [2.45, 2.75) is 25.7 Å². The molecule has 0 aromatic carbocycles. The van der Waals surface area contributed by atoms with E-state index in [1.165, 1.54) is 11.3 Å². The molecule has 0 amide bonds. The Bertz CT molecular complexity index is 685. The van der Waals surface area contributed by atoms with Crippen molar-refractivity contribution in [2.24, 2.45) is 0 Å². The molecular formula is C16H18ClNO4S. The van der Waals surface area contributed by atoms with Crippen LogP contribution in [0.2, 0.25) is 5.15 Å². The van der Waals surface area contributed by atoms with E-state index in [0.29, 0.717) is 30.5 Å². The van der Waals surface area contributed by atoms with Gasteiger partial charge in [-0.25, -0.2) is 4.98 Å². The van der Waals surface area contributed by atoms with Gasteiger partial charge in [0.05, 0.1) is 23.8 Å². The topological polar surface area (TPSA) is 71.8 Å². The molecule has 2 aromatic rings. The number of nitrogens with zero attached hydrogens (tertiary/aromatic N) is 1. The molecule has 23 heavy (non-hydrogen) atoms. The standard InChI is InChI=1S/C16H18ClNO4S/c1-9-11(8-12(23-9)16-21-6-7-22-16)15(20)14-10(4-5-19)2-3-13(17)18-14/h2-3,8,15-16,19-20H,4-7H2,1H3. The predicted octanol–water partition coefficient (Wildman–Crippen LogP) is 2.77. The summed E-state index contributed by atoms with van der Waals surface area (Å²) in [4.78, 5) is 6.17. The molecule has 1 aliphatic heterocycles. The predicted molar refractivity (Wildman–Crippen MR) is 87.8 cm³/mol. The number of halogens is 1. The van der Waals surface area contributed by atoms with Crippen molar-refractivity contribution in [2.75, 3.05) is 19.8 Å². The molecule has 124 valence electrons. The molecule has 2 N–H and O–H groups in total. The number of aryl methyl sites for hydroxylation is 1. The van der Waals surface area contributed by atoms with Crippen LogP contribution in [0.4, 0.5) is 0 Å². The number of pyridine rings is 1. The van der Waals surface area contributed by atoms with Gasteiger partial charge in [0, 0.05) is 17.0 Å². The molecular weight excluding hydrogens is 338 g/mol. The Balaban J connectivity index is 1.93. The summed E-state index contributed by atoms with van der Waals surface area (Å²) < 4.78 is 11.0. The third-order valence-electron chi connectivity index (χ3n) is 3.74. The van der Waals surface area contributed by atoms with Crippen molar-refractivity contribution in [1.82, 2.24) is 4.98 Å². The van der Waals surface area contributed by atoms with E-state index >= 15 is 0 Å². The van der Waals surface area contributed by atoms with Crippen LogP contribution < -0.4 is 0 Å². The minimum atomic E-state index is -0.901. The van der Waals surface area contributed by atoms with Crippen LogP contribution in [0.25, 0.3) is 0 Å². The SMILES string of the molecule is Cc1sc(C2OCCO2)cc1C(O)c1nc(Cl)ccc1CCO. The molecule has 0 radical (unpaired) electrons. The maximum absolute atomic E-state index is 10.8. The minimum absolute atomic E-state index is 0.0132. The average Bonchev–Trinajstić information content (AvgIpc) is 3.18. The van der Waals surface area contributed by atoms with E-state index < -0.39 is 6.10 Å². The maximum atomic E-state index is 10.8. The van der Waals surface area contributed by atoms with Gasteiger partial charge < -0.3 is 19.7 Å². The zero-order valence-corrected chi connectivity index (χ0v) is 14.2. The summed E-state index contributed by atoms with van der Waals surface area (Å²) in [5.74, 6) is 0. The first-order valence-corrected chi connectivity index (χ1v) is 8.57. The number of ether oxygens (including phenoxy) is 2. The first-order valence-electron chi connectivity index (χ1n) is 7.38. The molecule has 0 aliphatic carbocycles. The Kier molecular flexibility index (Phi) is 5.31.